The normalized spacial score (nSPS) is 11.6. The smallest absolute Gasteiger partial charge is 0.180 e. The second-order valence-corrected chi connectivity index (χ2v) is 12.1. The van der Waals surface area contributed by atoms with E-state index in [9.17, 15) is 0 Å². The molecule has 6 aromatic carbocycles. The molecule has 0 unspecified atom stereocenters. The van der Waals surface area contributed by atoms with Gasteiger partial charge in [-0.15, -0.1) is 11.3 Å². The van der Waals surface area contributed by atoms with Crippen molar-refractivity contribution in [3.8, 4) is 44.6 Å². The summed E-state index contributed by atoms with van der Waals surface area (Å²) in [5.74, 6) is 0. The topological polar surface area (TPSA) is 38.9 Å². The summed E-state index contributed by atoms with van der Waals surface area (Å²) in [6, 6.07) is 49.4. The SMILES string of the molecule is c1ccc(-c2ccc3oc4c(-c5cccc(-c6cccc(-c7ccc8c(c7)sc7ccccc78)c6)c5)ncnc4c3c2)cc1. The first kappa shape index (κ1) is 25.0. The quantitative estimate of drug-likeness (QED) is 0.208. The van der Waals surface area contributed by atoms with Crippen LogP contribution < -0.4 is 0 Å². The predicted octanol–water partition coefficient (Wildman–Crippen LogP) is 11.4. The highest BCUT2D eigenvalue weighted by molar-refractivity contribution is 7.25. The Morgan fingerprint density at radius 2 is 1.07 bits per heavy atom. The molecule has 0 aliphatic rings. The maximum atomic E-state index is 6.38. The minimum absolute atomic E-state index is 0.704. The van der Waals surface area contributed by atoms with Crippen LogP contribution in [0.15, 0.2) is 150 Å². The number of rotatable bonds is 4. The second kappa shape index (κ2) is 10.0. The molecule has 0 bridgehead atoms. The lowest BCUT2D eigenvalue weighted by molar-refractivity contribution is 0.667. The highest BCUT2D eigenvalue weighted by Crippen LogP contribution is 2.39. The Morgan fingerprint density at radius 1 is 0.432 bits per heavy atom. The lowest BCUT2D eigenvalue weighted by Gasteiger charge is -2.09. The number of hydrogen-bond donors (Lipinski definition) is 0. The Labute approximate surface area is 257 Å². The number of nitrogens with zero attached hydrogens (tertiary/aromatic N) is 2. The molecule has 0 N–H and O–H groups in total. The van der Waals surface area contributed by atoms with E-state index in [0.717, 1.165) is 50.0 Å². The molecule has 0 aliphatic heterocycles. The van der Waals surface area contributed by atoms with Crippen LogP contribution in [0, 0.1) is 0 Å². The fourth-order valence-corrected chi connectivity index (χ4v) is 7.37. The number of furan rings is 1. The van der Waals surface area contributed by atoms with Gasteiger partial charge in [-0.05, 0) is 69.8 Å². The van der Waals surface area contributed by atoms with Crippen molar-refractivity contribution in [1.29, 1.82) is 0 Å². The summed E-state index contributed by atoms with van der Waals surface area (Å²) in [6.45, 7) is 0. The van der Waals surface area contributed by atoms with Gasteiger partial charge in [0.05, 0.1) is 0 Å². The molecule has 0 radical (unpaired) electrons. The van der Waals surface area contributed by atoms with Crippen molar-refractivity contribution in [1.82, 2.24) is 9.97 Å². The summed E-state index contributed by atoms with van der Waals surface area (Å²) in [4.78, 5) is 9.34. The Kier molecular flexibility index (Phi) is 5.68. The van der Waals surface area contributed by atoms with E-state index in [-0.39, 0.29) is 0 Å². The molecule has 0 saturated carbocycles. The van der Waals surface area contributed by atoms with Gasteiger partial charge in [-0.1, -0.05) is 103 Å². The first-order valence-electron chi connectivity index (χ1n) is 14.6. The molecule has 9 aromatic rings. The summed E-state index contributed by atoms with van der Waals surface area (Å²) in [5, 5.41) is 3.63. The Morgan fingerprint density at radius 3 is 1.91 bits per heavy atom. The molecular formula is C40H24N2OS. The number of aromatic nitrogens is 2. The van der Waals surface area contributed by atoms with Crippen molar-refractivity contribution >= 4 is 53.6 Å². The first-order chi connectivity index (χ1) is 21.8. The van der Waals surface area contributed by atoms with Crippen LogP contribution in [-0.4, -0.2) is 9.97 Å². The third kappa shape index (κ3) is 4.11. The maximum Gasteiger partial charge on any atom is 0.180 e. The van der Waals surface area contributed by atoms with Crippen LogP contribution in [0.3, 0.4) is 0 Å². The van der Waals surface area contributed by atoms with Gasteiger partial charge in [0.1, 0.15) is 23.1 Å². The van der Waals surface area contributed by atoms with Crippen molar-refractivity contribution in [2.45, 2.75) is 0 Å². The molecule has 0 spiro atoms. The molecule has 3 aromatic heterocycles. The van der Waals surface area contributed by atoms with Crippen LogP contribution >= 0.6 is 11.3 Å². The van der Waals surface area contributed by atoms with Gasteiger partial charge < -0.3 is 4.42 Å². The standard InChI is InChI=1S/C40H24N2OS/c1-2-8-25(9-3-1)29-17-19-35-34(22-29)39-40(43-35)38(41-24-42-39)31-13-7-12-28(21-31)26-10-6-11-27(20-26)30-16-18-33-32-14-4-5-15-36(32)44-37(33)23-30/h1-24H. The van der Waals surface area contributed by atoms with E-state index >= 15 is 0 Å². The Bertz CT molecular complexity index is 2510. The van der Waals surface area contributed by atoms with Crippen LogP contribution in [-0.2, 0) is 0 Å². The van der Waals surface area contributed by atoms with E-state index in [2.05, 4.69) is 132 Å². The molecule has 0 aliphatic carbocycles. The van der Waals surface area contributed by atoms with Gasteiger partial charge in [0.25, 0.3) is 0 Å². The van der Waals surface area contributed by atoms with E-state index in [1.807, 2.05) is 23.5 Å². The lowest BCUT2D eigenvalue weighted by atomic mass is 9.97. The molecule has 4 heteroatoms. The zero-order valence-electron chi connectivity index (χ0n) is 23.6. The fourth-order valence-electron chi connectivity index (χ4n) is 6.22. The average molecular weight is 581 g/mol. The van der Waals surface area contributed by atoms with Crippen LogP contribution in [0.25, 0.3) is 86.9 Å². The molecule has 206 valence electrons. The first-order valence-corrected chi connectivity index (χ1v) is 15.5. The summed E-state index contributed by atoms with van der Waals surface area (Å²) < 4.78 is 9.02. The summed E-state index contributed by atoms with van der Waals surface area (Å²) >= 11 is 1.85. The van der Waals surface area contributed by atoms with E-state index < -0.39 is 0 Å². The largest absolute Gasteiger partial charge is 0.452 e. The molecule has 3 heterocycles. The number of thiophene rings is 1. The van der Waals surface area contributed by atoms with Gasteiger partial charge in [0.15, 0.2) is 5.58 Å². The van der Waals surface area contributed by atoms with E-state index in [1.165, 1.54) is 31.3 Å². The summed E-state index contributed by atoms with van der Waals surface area (Å²) in [6.07, 6.45) is 1.64. The van der Waals surface area contributed by atoms with Gasteiger partial charge in [-0.25, -0.2) is 9.97 Å². The molecule has 0 saturated heterocycles. The molecular weight excluding hydrogens is 557 g/mol. The van der Waals surface area contributed by atoms with Crippen LogP contribution in [0.2, 0.25) is 0 Å². The van der Waals surface area contributed by atoms with Crippen molar-refractivity contribution in [2.75, 3.05) is 0 Å². The number of fused-ring (bicyclic) bond motifs is 6. The molecule has 44 heavy (non-hydrogen) atoms. The van der Waals surface area contributed by atoms with E-state index in [0.29, 0.717) is 5.58 Å². The molecule has 0 amide bonds. The Balaban J connectivity index is 1.11. The Hall–Kier alpha value is -5.58. The minimum Gasteiger partial charge on any atom is -0.452 e. The van der Waals surface area contributed by atoms with E-state index in [4.69, 9.17) is 9.40 Å². The van der Waals surface area contributed by atoms with Gasteiger partial charge >= 0.3 is 0 Å². The van der Waals surface area contributed by atoms with Crippen LogP contribution in [0.4, 0.5) is 0 Å². The van der Waals surface area contributed by atoms with Crippen molar-refractivity contribution in [3.63, 3.8) is 0 Å². The average Bonchev–Trinajstić information content (AvgIpc) is 3.66. The molecule has 0 atom stereocenters. The molecule has 9 rings (SSSR count). The van der Waals surface area contributed by atoms with Gasteiger partial charge in [-0.3, -0.25) is 0 Å². The summed E-state index contributed by atoms with van der Waals surface area (Å²) in [7, 11) is 0. The number of benzene rings is 6. The van der Waals surface area contributed by atoms with Crippen molar-refractivity contribution in [2.24, 2.45) is 0 Å². The predicted molar refractivity (Wildman–Crippen MR) is 184 cm³/mol. The highest BCUT2D eigenvalue weighted by Gasteiger charge is 2.16. The second-order valence-electron chi connectivity index (χ2n) is 11.0. The monoisotopic (exact) mass is 580 g/mol. The fraction of sp³-hybridized carbons (Fsp3) is 0. The molecule has 0 fully saturated rings. The van der Waals surface area contributed by atoms with Crippen LogP contribution in [0.5, 0.6) is 0 Å². The number of hydrogen-bond acceptors (Lipinski definition) is 4. The van der Waals surface area contributed by atoms with Crippen molar-refractivity contribution in [3.05, 3.63) is 146 Å². The zero-order chi connectivity index (χ0) is 29.0. The highest BCUT2D eigenvalue weighted by atomic mass is 32.1. The third-order valence-electron chi connectivity index (χ3n) is 8.40. The van der Waals surface area contributed by atoms with Gasteiger partial charge in [-0.2, -0.15) is 0 Å². The maximum absolute atomic E-state index is 6.38. The molecule has 3 nitrogen and oxygen atoms in total. The zero-order valence-corrected chi connectivity index (χ0v) is 24.4. The van der Waals surface area contributed by atoms with Crippen LogP contribution in [0.1, 0.15) is 0 Å². The summed E-state index contributed by atoms with van der Waals surface area (Å²) in [5.41, 5.74) is 11.1. The minimum atomic E-state index is 0.704. The van der Waals surface area contributed by atoms with Crippen molar-refractivity contribution < 1.29 is 4.42 Å². The third-order valence-corrected chi connectivity index (χ3v) is 9.54. The van der Waals surface area contributed by atoms with Gasteiger partial charge in [0, 0.05) is 31.1 Å². The van der Waals surface area contributed by atoms with E-state index in [1.54, 1.807) is 6.33 Å². The van der Waals surface area contributed by atoms with Gasteiger partial charge in [0.2, 0.25) is 0 Å². The lowest BCUT2D eigenvalue weighted by Crippen LogP contribution is -1.88.